The molecule has 1 saturated carbocycles. The topological polar surface area (TPSA) is 99.3 Å². The third kappa shape index (κ3) is 5.30. The monoisotopic (exact) mass is 492 g/mol. The zero-order chi connectivity index (χ0) is 24.3. The number of likely N-dealkylation sites (N-methyl/N-ethyl adjacent to an activating group) is 1. The van der Waals surface area contributed by atoms with E-state index >= 15 is 0 Å². The zero-order valence-corrected chi connectivity index (χ0v) is 21.0. The highest BCUT2D eigenvalue weighted by atomic mass is 32.2. The Morgan fingerprint density at radius 2 is 1.85 bits per heavy atom. The maximum Gasteiger partial charge on any atom is 0.243 e. The summed E-state index contributed by atoms with van der Waals surface area (Å²) < 4.78 is 32.8. The molecule has 188 valence electrons. The van der Waals surface area contributed by atoms with E-state index in [0.29, 0.717) is 56.6 Å². The fourth-order valence-corrected chi connectivity index (χ4v) is 6.76. The van der Waals surface area contributed by atoms with Crippen molar-refractivity contribution in [3.05, 3.63) is 23.8 Å². The second kappa shape index (κ2) is 10.7. The highest BCUT2D eigenvalue weighted by Gasteiger charge is 2.38. The fraction of sp³-hybridized carbons (Fsp3) is 0.667. The summed E-state index contributed by atoms with van der Waals surface area (Å²) in [5.74, 6) is -0.442. The molecule has 0 bridgehead atoms. The van der Waals surface area contributed by atoms with Crippen molar-refractivity contribution in [2.24, 2.45) is 0 Å². The molecule has 0 radical (unpaired) electrons. The van der Waals surface area contributed by atoms with E-state index in [2.05, 4.69) is 17.3 Å². The third-order valence-electron chi connectivity index (χ3n) is 7.25. The number of carbonyl (C=O) groups excluding carboxylic acids is 2. The molecule has 1 unspecified atom stereocenters. The van der Waals surface area contributed by atoms with Crippen molar-refractivity contribution in [2.45, 2.75) is 62.4 Å². The number of hydrogen-bond acceptors (Lipinski definition) is 6. The Hall–Kier alpha value is -2.01. The van der Waals surface area contributed by atoms with Crippen LogP contribution >= 0.6 is 0 Å². The van der Waals surface area contributed by atoms with Crippen molar-refractivity contribution < 1.29 is 22.7 Å². The number of carbonyl (C=O) groups is 2. The first-order valence-corrected chi connectivity index (χ1v) is 13.7. The van der Waals surface area contributed by atoms with Gasteiger partial charge >= 0.3 is 0 Å². The second-order valence-corrected chi connectivity index (χ2v) is 11.4. The van der Waals surface area contributed by atoms with Crippen LogP contribution in [0.3, 0.4) is 0 Å². The molecule has 2 aliphatic heterocycles. The summed E-state index contributed by atoms with van der Waals surface area (Å²) in [6, 6.07) is 4.68. The summed E-state index contributed by atoms with van der Waals surface area (Å²) >= 11 is 0. The van der Waals surface area contributed by atoms with Gasteiger partial charge in [-0.05, 0) is 43.7 Å². The minimum absolute atomic E-state index is 0.187. The lowest BCUT2D eigenvalue weighted by atomic mass is 9.94. The molecule has 2 amide bonds. The molecule has 3 aliphatic rings. The van der Waals surface area contributed by atoms with E-state index in [-0.39, 0.29) is 16.7 Å². The van der Waals surface area contributed by atoms with Crippen LogP contribution < -0.4 is 10.2 Å². The molecule has 1 aromatic rings. The number of rotatable bonds is 7. The average molecular weight is 493 g/mol. The van der Waals surface area contributed by atoms with Crippen LogP contribution in [0.25, 0.3) is 0 Å². The SMILES string of the molecule is CC(=O)N1c2ccc(S(=O)(=O)N3CCOCC3)cc2CC1C(=O)NCCN(C)C1CCCCC1. The lowest BCUT2D eigenvalue weighted by molar-refractivity contribution is -0.125. The van der Waals surface area contributed by atoms with Gasteiger partial charge in [0.15, 0.2) is 0 Å². The molecule has 10 heteroatoms. The van der Waals surface area contributed by atoms with Gasteiger partial charge in [-0.2, -0.15) is 4.31 Å². The lowest BCUT2D eigenvalue weighted by Crippen LogP contribution is -2.49. The first kappa shape index (κ1) is 25.1. The number of ether oxygens (including phenoxy) is 1. The fourth-order valence-electron chi connectivity index (χ4n) is 5.30. The van der Waals surface area contributed by atoms with Crippen LogP contribution in [0.15, 0.2) is 23.1 Å². The Bertz CT molecular complexity index is 1000. The molecule has 4 rings (SSSR count). The van der Waals surface area contributed by atoms with Crippen LogP contribution in [0.5, 0.6) is 0 Å². The number of morpholine rings is 1. The minimum Gasteiger partial charge on any atom is -0.379 e. The van der Waals surface area contributed by atoms with E-state index in [1.54, 1.807) is 12.1 Å². The third-order valence-corrected chi connectivity index (χ3v) is 9.14. The van der Waals surface area contributed by atoms with Crippen LogP contribution in [0.1, 0.15) is 44.6 Å². The normalized spacial score (nSPS) is 22.1. The number of hydrogen-bond donors (Lipinski definition) is 1. The zero-order valence-electron chi connectivity index (χ0n) is 20.2. The standard InChI is InChI=1S/C24H36N4O5S/c1-18(29)28-22-9-8-21(34(31,32)27-12-14-33-15-13-27)16-19(22)17-23(28)24(30)25-10-11-26(2)20-6-4-3-5-7-20/h8-9,16,20,23H,3-7,10-15,17H2,1-2H3,(H,25,30). The van der Waals surface area contributed by atoms with Crippen LogP contribution in [0.4, 0.5) is 5.69 Å². The van der Waals surface area contributed by atoms with Crippen LogP contribution in [0.2, 0.25) is 0 Å². The van der Waals surface area contributed by atoms with Gasteiger partial charge in [-0.1, -0.05) is 19.3 Å². The van der Waals surface area contributed by atoms with Crippen molar-refractivity contribution in [1.29, 1.82) is 0 Å². The van der Waals surface area contributed by atoms with Gasteiger partial charge in [-0.25, -0.2) is 8.42 Å². The average Bonchev–Trinajstić information content (AvgIpc) is 3.24. The number of amides is 2. The van der Waals surface area contributed by atoms with Gasteiger partial charge in [0.2, 0.25) is 21.8 Å². The van der Waals surface area contributed by atoms with Crippen LogP contribution in [-0.2, 0) is 30.8 Å². The van der Waals surface area contributed by atoms with Gasteiger partial charge in [0.05, 0.1) is 18.1 Å². The molecule has 0 spiro atoms. The highest BCUT2D eigenvalue weighted by molar-refractivity contribution is 7.89. The highest BCUT2D eigenvalue weighted by Crippen LogP contribution is 2.35. The van der Waals surface area contributed by atoms with Gasteiger partial charge < -0.3 is 15.0 Å². The molecular weight excluding hydrogens is 456 g/mol. The van der Waals surface area contributed by atoms with Gasteiger partial charge in [0.25, 0.3) is 0 Å². The van der Waals surface area contributed by atoms with Crippen LogP contribution in [0, 0.1) is 0 Å². The van der Waals surface area contributed by atoms with Gasteiger partial charge in [-0.3, -0.25) is 14.5 Å². The molecule has 1 atom stereocenters. The molecular formula is C24H36N4O5S. The van der Waals surface area contributed by atoms with Crippen molar-refractivity contribution in [2.75, 3.05) is 51.3 Å². The molecule has 1 N–H and O–H groups in total. The van der Waals surface area contributed by atoms with E-state index in [0.717, 1.165) is 6.54 Å². The summed E-state index contributed by atoms with van der Waals surface area (Å²) in [6.07, 6.45) is 6.54. The molecule has 0 aromatic heterocycles. The molecule has 2 fully saturated rings. The summed E-state index contributed by atoms with van der Waals surface area (Å²) in [6.45, 7) is 4.10. The van der Waals surface area contributed by atoms with Gasteiger partial charge in [0, 0.05) is 51.3 Å². The molecule has 1 saturated heterocycles. The Kier molecular flexibility index (Phi) is 7.91. The van der Waals surface area contributed by atoms with E-state index in [1.807, 2.05) is 0 Å². The summed E-state index contributed by atoms with van der Waals surface area (Å²) in [4.78, 5) is 29.5. The Balaban J connectivity index is 1.42. The molecule has 1 aliphatic carbocycles. The summed E-state index contributed by atoms with van der Waals surface area (Å²) in [5.41, 5.74) is 1.30. The number of benzene rings is 1. The minimum atomic E-state index is -3.65. The Labute approximate surface area is 202 Å². The van der Waals surface area contributed by atoms with Crippen molar-refractivity contribution in [1.82, 2.24) is 14.5 Å². The lowest BCUT2D eigenvalue weighted by Gasteiger charge is -2.31. The largest absolute Gasteiger partial charge is 0.379 e. The first-order valence-electron chi connectivity index (χ1n) is 12.3. The van der Waals surface area contributed by atoms with Crippen molar-refractivity contribution >= 4 is 27.5 Å². The van der Waals surface area contributed by atoms with E-state index in [1.165, 1.54) is 54.3 Å². The van der Waals surface area contributed by atoms with Gasteiger partial charge in [0.1, 0.15) is 6.04 Å². The number of fused-ring (bicyclic) bond motifs is 1. The maximum absolute atomic E-state index is 13.1. The molecule has 1 aromatic carbocycles. The van der Waals surface area contributed by atoms with E-state index in [4.69, 9.17) is 4.74 Å². The van der Waals surface area contributed by atoms with E-state index in [9.17, 15) is 18.0 Å². The smallest absolute Gasteiger partial charge is 0.243 e. The predicted molar refractivity (Wildman–Crippen MR) is 129 cm³/mol. The maximum atomic E-state index is 13.1. The predicted octanol–water partition coefficient (Wildman–Crippen LogP) is 1.37. The molecule has 34 heavy (non-hydrogen) atoms. The quantitative estimate of drug-likeness (QED) is 0.617. The molecule has 2 heterocycles. The summed E-state index contributed by atoms with van der Waals surface area (Å²) in [5, 5.41) is 3.00. The first-order chi connectivity index (χ1) is 16.3. The van der Waals surface area contributed by atoms with E-state index < -0.39 is 16.1 Å². The van der Waals surface area contributed by atoms with Crippen molar-refractivity contribution in [3.8, 4) is 0 Å². The second-order valence-electron chi connectivity index (χ2n) is 9.48. The Morgan fingerprint density at radius 3 is 2.53 bits per heavy atom. The number of anilines is 1. The Morgan fingerprint density at radius 1 is 1.15 bits per heavy atom. The summed E-state index contributed by atoms with van der Waals surface area (Å²) in [7, 11) is -1.55. The number of nitrogens with zero attached hydrogens (tertiary/aromatic N) is 3. The van der Waals surface area contributed by atoms with Crippen LogP contribution in [-0.4, -0.2) is 88.0 Å². The van der Waals surface area contributed by atoms with Gasteiger partial charge in [-0.15, -0.1) is 0 Å². The number of sulfonamides is 1. The number of nitrogens with one attached hydrogen (secondary N) is 1. The molecule has 9 nitrogen and oxygen atoms in total. The van der Waals surface area contributed by atoms with Crippen molar-refractivity contribution in [3.63, 3.8) is 0 Å².